The number of H-pyrrole nitrogens is 1. The van der Waals surface area contributed by atoms with Crippen molar-refractivity contribution in [2.75, 3.05) is 16.5 Å². The molecule has 1 aliphatic rings. The first kappa shape index (κ1) is 20.0. The van der Waals surface area contributed by atoms with Gasteiger partial charge in [-0.1, -0.05) is 11.6 Å². The number of benzene rings is 2. The molecule has 30 heavy (non-hydrogen) atoms. The van der Waals surface area contributed by atoms with Gasteiger partial charge < -0.3 is 9.88 Å². The van der Waals surface area contributed by atoms with Crippen molar-refractivity contribution in [3.8, 4) is 0 Å². The molecule has 2 aromatic carbocycles. The van der Waals surface area contributed by atoms with E-state index in [0.717, 1.165) is 30.3 Å². The lowest BCUT2D eigenvalue weighted by molar-refractivity contribution is -0.137. The van der Waals surface area contributed by atoms with Gasteiger partial charge in [0.1, 0.15) is 12.5 Å². The third kappa shape index (κ3) is 3.52. The van der Waals surface area contributed by atoms with E-state index in [4.69, 9.17) is 11.6 Å². The van der Waals surface area contributed by atoms with Gasteiger partial charge in [-0.15, -0.1) is 0 Å². The minimum atomic E-state index is -4.62. The monoisotopic (exact) mass is 437 g/mol. The zero-order valence-corrected chi connectivity index (χ0v) is 15.8. The smallest absolute Gasteiger partial charge is 0.327 e. The Labute approximate surface area is 172 Å². The molecular formula is C20H12ClF4N3O2. The second-order valence-corrected chi connectivity index (χ2v) is 6.95. The minimum absolute atomic E-state index is 0.000779. The highest BCUT2D eigenvalue weighted by molar-refractivity contribution is 6.33. The molecule has 1 aliphatic heterocycles. The summed E-state index contributed by atoms with van der Waals surface area (Å²) in [5.41, 5.74) is -0.773. The molecule has 0 unspecified atom stereocenters. The number of hydrogen-bond donors (Lipinski definition) is 1. The molecular weight excluding hydrogens is 426 g/mol. The second kappa shape index (κ2) is 7.17. The van der Waals surface area contributed by atoms with E-state index < -0.39 is 23.5 Å². The SMILES string of the molecule is O=C1c2ccc(C(F)(F)F)cc2N(c2ccc(F)cc2Cl)CN1c1ccc(=O)[nH]c1. The predicted molar refractivity (Wildman–Crippen MR) is 104 cm³/mol. The van der Waals surface area contributed by atoms with Crippen molar-refractivity contribution in [1.29, 1.82) is 0 Å². The summed E-state index contributed by atoms with van der Waals surface area (Å²) >= 11 is 6.16. The molecule has 0 bridgehead atoms. The van der Waals surface area contributed by atoms with Crippen LogP contribution in [0.1, 0.15) is 15.9 Å². The Balaban J connectivity index is 1.90. The molecule has 0 saturated carbocycles. The highest BCUT2D eigenvalue weighted by Crippen LogP contribution is 2.41. The van der Waals surface area contributed by atoms with Crippen LogP contribution >= 0.6 is 11.6 Å². The Morgan fingerprint density at radius 2 is 1.70 bits per heavy atom. The highest BCUT2D eigenvalue weighted by Gasteiger charge is 2.36. The number of carbonyl (C=O) groups is 1. The number of nitrogens with zero attached hydrogens (tertiary/aromatic N) is 2. The summed E-state index contributed by atoms with van der Waals surface area (Å²) in [6.07, 6.45) is -3.30. The zero-order chi connectivity index (χ0) is 21.6. The van der Waals surface area contributed by atoms with Crippen LogP contribution in [0.5, 0.6) is 0 Å². The third-order valence-electron chi connectivity index (χ3n) is 4.65. The third-order valence-corrected chi connectivity index (χ3v) is 4.96. The topological polar surface area (TPSA) is 56.4 Å². The fourth-order valence-electron chi connectivity index (χ4n) is 3.21. The van der Waals surface area contributed by atoms with Gasteiger partial charge in [0.25, 0.3) is 5.91 Å². The molecule has 1 amide bonds. The first-order valence-corrected chi connectivity index (χ1v) is 8.97. The maximum absolute atomic E-state index is 13.5. The molecule has 0 saturated heterocycles. The minimum Gasteiger partial charge on any atom is -0.327 e. The Morgan fingerprint density at radius 3 is 2.33 bits per heavy atom. The molecule has 3 aromatic rings. The van der Waals surface area contributed by atoms with E-state index in [9.17, 15) is 27.2 Å². The Bertz CT molecular complexity index is 1190. The number of pyridine rings is 1. The molecule has 1 N–H and O–H groups in total. The molecule has 0 spiro atoms. The summed E-state index contributed by atoms with van der Waals surface area (Å²) in [7, 11) is 0. The van der Waals surface area contributed by atoms with E-state index in [1.54, 1.807) is 0 Å². The quantitative estimate of drug-likeness (QED) is 0.578. The summed E-state index contributed by atoms with van der Waals surface area (Å²) in [5.74, 6) is -1.17. The van der Waals surface area contributed by atoms with Crippen molar-refractivity contribution in [3.63, 3.8) is 0 Å². The molecule has 10 heteroatoms. The van der Waals surface area contributed by atoms with Gasteiger partial charge in [0.05, 0.1) is 33.2 Å². The van der Waals surface area contributed by atoms with Crippen LogP contribution in [0.2, 0.25) is 5.02 Å². The summed E-state index contributed by atoms with van der Waals surface area (Å²) in [6, 6.07) is 8.87. The molecule has 154 valence electrons. The average molecular weight is 438 g/mol. The molecule has 0 fully saturated rings. The van der Waals surface area contributed by atoms with Gasteiger partial charge >= 0.3 is 6.18 Å². The Morgan fingerprint density at radius 1 is 0.933 bits per heavy atom. The van der Waals surface area contributed by atoms with E-state index in [-0.39, 0.29) is 34.2 Å². The average Bonchev–Trinajstić information content (AvgIpc) is 2.69. The number of carbonyl (C=O) groups excluding carboxylic acids is 1. The van der Waals surface area contributed by atoms with Crippen LogP contribution in [0, 0.1) is 5.82 Å². The summed E-state index contributed by atoms with van der Waals surface area (Å²) in [5, 5.41) is -0.0332. The number of fused-ring (bicyclic) bond motifs is 1. The van der Waals surface area contributed by atoms with Gasteiger partial charge in [-0.3, -0.25) is 14.5 Å². The number of alkyl halides is 3. The molecule has 1 aromatic heterocycles. The lowest BCUT2D eigenvalue weighted by Gasteiger charge is -2.38. The fourth-order valence-corrected chi connectivity index (χ4v) is 3.48. The van der Waals surface area contributed by atoms with Crippen LogP contribution in [0.25, 0.3) is 0 Å². The number of halogens is 5. The number of nitrogens with one attached hydrogen (secondary N) is 1. The van der Waals surface area contributed by atoms with Gasteiger partial charge in [-0.05, 0) is 42.5 Å². The van der Waals surface area contributed by atoms with Crippen LogP contribution in [-0.4, -0.2) is 17.6 Å². The Kier molecular flexibility index (Phi) is 4.77. The van der Waals surface area contributed by atoms with Gasteiger partial charge in [0.15, 0.2) is 0 Å². The van der Waals surface area contributed by atoms with Crippen molar-refractivity contribution < 1.29 is 22.4 Å². The van der Waals surface area contributed by atoms with Crippen LogP contribution in [-0.2, 0) is 6.18 Å². The van der Waals surface area contributed by atoms with Crippen LogP contribution in [0.4, 0.5) is 34.6 Å². The van der Waals surface area contributed by atoms with Crippen molar-refractivity contribution in [2.24, 2.45) is 0 Å². The molecule has 0 radical (unpaired) electrons. The molecule has 4 rings (SSSR count). The van der Waals surface area contributed by atoms with Gasteiger partial charge in [-0.25, -0.2) is 4.39 Å². The maximum atomic E-state index is 13.5. The summed E-state index contributed by atoms with van der Waals surface area (Å²) < 4.78 is 53.3. The maximum Gasteiger partial charge on any atom is 0.416 e. The molecule has 2 heterocycles. The van der Waals surface area contributed by atoms with Gasteiger partial charge in [-0.2, -0.15) is 13.2 Å². The number of hydrogen-bond acceptors (Lipinski definition) is 3. The number of anilines is 3. The highest BCUT2D eigenvalue weighted by atomic mass is 35.5. The van der Waals surface area contributed by atoms with Crippen molar-refractivity contribution in [3.05, 3.63) is 87.0 Å². The van der Waals surface area contributed by atoms with E-state index in [0.29, 0.717) is 5.69 Å². The van der Waals surface area contributed by atoms with Gasteiger partial charge in [0, 0.05) is 12.3 Å². The first-order chi connectivity index (χ1) is 14.1. The van der Waals surface area contributed by atoms with Crippen molar-refractivity contribution >= 4 is 34.6 Å². The van der Waals surface area contributed by atoms with Crippen LogP contribution < -0.4 is 15.4 Å². The molecule has 0 aliphatic carbocycles. The van der Waals surface area contributed by atoms with E-state index >= 15 is 0 Å². The fraction of sp³-hybridized carbons (Fsp3) is 0.100. The standard InChI is InChI=1S/C20H12ClF4N3O2/c21-15-8-12(22)2-5-16(15)28-10-27(13-3-6-18(29)26-9-13)19(30)14-4-1-11(7-17(14)28)20(23,24)25/h1-9H,10H2,(H,26,29). The van der Waals surface area contributed by atoms with E-state index in [1.165, 1.54) is 34.2 Å². The summed E-state index contributed by atoms with van der Waals surface area (Å²) in [6.45, 7) is -0.204. The zero-order valence-electron chi connectivity index (χ0n) is 15.0. The number of rotatable bonds is 2. The van der Waals surface area contributed by atoms with Crippen LogP contribution in [0.15, 0.2) is 59.5 Å². The lowest BCUT2D eigenvalue weighted by Crippen LogP contribution is -2.45. The Hall–Kier alpha value is -3.33. The van der Waals surface area contributed by atoms with Crippen LogP contribution in [0.3, 0.4) is 0 Å². The van der Waals surface area contributed by atoms with Crippen molar-refractivity contribution in [1.82, 2.24) is 4.98 Å². The van der Waals surface area contributed by atoms with E-state index in [2.05, 4.69) is 4.98 Å². The van der Waals surface area contributed by atoms with E-state index in [1.807, 2.05) is 0 Å². The summed E-state index contributed by atoms with van der Waals surface area (Å²) in [4.78, 5) is 29.5. The molecule has 5 nitrogen and oxygen atoms in total. The largest absolute Gasteiger partial charge is 0.416 e. The second-order valence-electron chi connectivity index (χ2n) is 6.54. The lowest BCUT2D eigenvalue weighted by atomic mass is 10.0. The number of amides is 1. The normalized spacial score (nSPS) is 14.1. The number of aromatic amines is 1. The van der Waals surface area contributed by atoms with Crippen molar-refractivity contribution in [2.45, 2.75) is 6.18 Å². The van der Waals surface area contributed by atoms with Gasteiger partial charge in [0.2, 0.25) is 5.56 Å². The molecule has 0 atom stereocenters. The predicted octanol–water partition coefficient (Wildman–Crippen LogP) is 4.94. The number of aromatic nitrogens is 1. The first-order valence-electron chi connectivity index (χ1n) is 8.59.